The number of ether oxygens (including phenoxy) is 1. The van der Waals surface area contributed by atoms with Crippen molar-refractivity contribution in [3.05, 3.63) is 82.3 Å². The fourth-order valence-electron chi connectivity index (χ4n) is 2.80. The molecular weight excluding hydrogens is 406 g/mol. The third-order valence-electron chi connectivity index (χ3n) is 4.30. The van der Waals surface area contributed by atoms with Crippen molar-refractivity contribution < 1.29 is 9.53 Å². The number of benzene rings is 2. The van der Waals surface area contributed by atoms with Gasteiger partial charge in [0.05, 0.1) is 4.47 Å². The summed E-state index contributed by atoms with van der Waals surface area (Å²) in [4.78, 5) is 17.2. The molecule has 1 aromatic heterocycles. The van der Waals surface area contributed by atoms with Crippen molar-refractivity contribution in [2.45, 2.75) is 26.0 Å². The van der Waals surface area contributed by atoms with Gasteiger partial charge in [-0.15, -0.1) is 0 Å². The minimum absolute atomic E-state index is 0.209. The third-order valence-corrected chi connectivity index (χ3v) is 4.92. The summed E-state index contributed by atoms with van der Waals surface area (Å²) >= 11 is 3.48. The molecule has 5 nitrogen and oxygen atoms in total. The topological polar surface area (TPSA) is 56.1 Å². The van der Waals surface area contributed by atoms with Gasteiger partial charge in [-0.2, -0.15) is 0 Å². The molecule has 6 heteroatoms. The first-order valence-electron chi connectivity index (χ1n) is 8.71. The zero-order valence-corrected chi connectivity index (χ0v) is 17.1. The summed E-state index contributed by atoms with van der Waals surface area (Å²) in [6.07, 6.45) is 2.93. The van der Waals surface area contributed by atoms with Crippen LogP contribution >= 0.6 is 15.9 Å². The molecule has 0 bridgehead atoms. The number of imidazole rings is 1. The largest absolute Gasteiger partial charge is 0.480 e. The summed E-state index contributed by atoms with van der Waals surface area (Å²) in [5.74, 6) is 1.19. The number of carbonyl (C=O) groups is 1. The first kappa shape index (κ1) is 19.2. The number of nitrogens with one attached hydrogen (secondary N) is 1. The number of carbonyl (C=O) groups excluding carboxylic acids is 1. The zero-order chi connectivity index (χ0) is 19.4. The monoisotopic (exact) mass is 427 g/mol. The Morgan fingerprint density at radius 3 is 2.59 bits per heavy atom. The number of nitrogens with zero attached hydrogens (tertiary/aromatic N) is 2. The molecular formula is C21H22BrN3O2. The summed E-state index contributed by atoms with van der Waals surface area (Å²) in [5, 5.41) is 3.06. The lowest BCUT2D eigenvalue weighted by molar-refractivity contribution is -0.127. The maximum absolute atomic E-state index is 12.8. The first-order chi connectivity index (χ1) is 13.0. The normalized spacial score (nSPS) is 13.0. The number of hydrogen-bond acceptors (Lipinski definition) is 3. The standard InChI is InChI=1S/C21H22BrN3O2/c1-14-9-10-18(17(22)13-14)27-15(2)21(26)24-19(16-7-5-4-6-8-16)20-23-11-12-25(20)3/h4-13,15,19H,1-3H3,(H,24,26)/t15-,19-/m0/s1. The van der Waals surface area contributed by atoms with Crippen LogP contribution in [0.15, 0.2) is 65.4 Å². The average molecular weight is 428 g/mol. The van der Waals surface area contributed by atoms with Gasteiger partial charge < -0.3 is 14.6 Å². The van der Waals surface area contributed by atoms with Gasteiger partial charge in [-0.05, 0) is 53.0 Å². The first-order valence-corrected chi connectivity index (χ1v) is 9.50. The predicted molar refractivity (Wildman–Crippen MR) is 109 cm³/mol. The van der Waals surface area contributed by atoms with Crippen molar-refractivity contribution in [2.24, 2.45) is 7.05 Å². The molecule has 0 saturated heterocycles. The zero-order valence-electron chi connectivity index (χ0n) is 15.5. The van der Waals surface area contributed by atoms with Crippen molar-refractivity contribution in [2.75, 3.05) is 0 Å². The minimum Gasteiger partial charge on any atom is -0.480 e. The molecule has 3 rings (SSSR count). The summed E-state index contributed by atoms with van der Waals surface area (Å²) in [6.45, 7) is 3.74. The van der Waals surface area contributed by atoms with Crippen LogP contribution in [0.1, 0.15) is 29.9 Å². The van der Waals surface area contributed by atoms with Gasteiger partial charge in [0.15, 0.2) is 6.10 Å². The maximum Gasteiger partial charge on any atom is 0.261 e. The molecule has 27 heavy (non-hydrogen) atoms. The number of amides is 1. The molecule has 3 aromatic rings. The van der Waals surface area contributed by atoms with E-state index in [1.165, 1.54) is 0 Å². The lowest BCUT2D eigenvalue weighted by Crippen LogP contribution is -2.39. The quantitative estimate of drug-likeness (QED) is 0.642. The van der Waals surface area contributed by atoms with Crippen LogP contribution < -0.4 is 10.1 Å². The predicted octanol–water partition coefficient (Wildman–Crippen LogP) is 4.16. The molecule has 0 aliphatic rings. The van der Waals surface area contributed by atoms with E-state index in [1.807, 2.05) is 73.3 Å². The van der Waals surface area contributed by atoms with E-state index in [2.05, 4.69) is 26.2 Å². The van der Waals surface area contributed by atoms with E-state index in [9.17, 15) is 4.79 Å². The van der Waals surface area contributed by atoms with Crippen LogP contribution in [0.5, 0.6) is 5.75 Å². The average Bonchev–Trinajstić information content (AvgIpc) is 3.08. The minimum atomic E-state index is -0.657. The fourth-order valence-corrected chi connectivity index (χ4v) is 3.39. The third kappa shape index (κ3) is 4.57. The smallest absolute Gasteiger partial charge is 0.261 e. The van der Waals surface area contributed by atoms with Crippen molar-refractivity contribution in [1.29, 1.82) is 0 Å². The number of halogens is 1. The highest BCUT2D eigenvalue weighted by Gasteiger charge is 2.24. The molecule has 0 saturated carbocycles. The maximum atomic E-state index is 12.8. The number of aryl methyl sites for hydroxylation is 2. The second kappa shape index (κ2) is 8.39. The summed E-state index contributed by atoms with van der Waals surface area (Å²) in [7, 11) is 1.91. The van der Waals surface area contributed by atoms with Gasteiger partial charge in [0, 0.05) is 19.4 Å². The van der Waals surface area contributed by atoms with E-state index in [4.69, 9.17) is 4.74 Å². The van der Waals surface area contributed by atoms with Gasteiger partial charge in [-0.1, -0.05) is 36.4 Å². The lowest BCUT2D eigenvalue weighted by atomic mass is 10.1. The van der Waals surface area contributed by atoms with Gasteiger partial charge in [-0.3, -0.25) is 4.79 Å². The molecule has 2 aromatic carbocycles. The van der Waals surface area contributed by atoms with Crippen molar-refractivity contribution in [3.8, 4) is 5.75 Å². The molecule has 1 N–H and O–H groups in total. The fraction of sp³-hybridized carbons (Fsp3) is 0.238. The Kier molecular flexibility index (Phi) is 5.96. The summed E-state index contributed by atoms with van der Waals surface area (Å²) < 4.78 is 8.59. The second-order valence-electron chi connectivity index (χ2n) is 6.44. The van der Waals surface area contributed by atoms with Crippen LogP contribution in [0.3, 0.4) is 0 Å². The van der Waals surface area contributed by atoms with Crippen LogP contribution in [0.25, 0.3) is 0 Å². The van der Waals surface area contributed by atoms with Gasteiger partial charge >= 0.3 is 0 Å². The van der Waals surface area contributed by atoms with Crippen molar-refractivity contribution >= 4 is 21.8 Å². The molecule has 1 amide bonds. The van der Waals surface area contributed by atoms with Crippen LogP contribution in [0, 0.1) is 6.92 Å². The van der Waals surface area contributed by atoms with Crippen LogP contribution in [0.2, 0.25) is 0 Å². The molecule has 1 heterocycles. The molecule has 0 unspecified atom stereocenters. The van der Waals surface area contributed by atoms with Gasteiger partial charge in [-0.25, -0.2) is 4.98 Å². The van der Waals surface area contributed by atoms with Gasteiger partial charge in [0.25, 0.3) is 5.91 Å². The van der Waals surface area contributed by atoms with Crippen molar-refractivity contribution in [1.82, 2.24) is 14.9 Å². The van der Waals surface area contributed by atoms with Crippen LogP contribution in [-0.2, 0) is 11.8 Å². The summed E-state index contributed by atoms with van der Waals surface area (Å²) in [6, 6.07) is 15.2. The van der Waals surface area contributed by atoms with E-state index in [0.717, 1.165) is 21.4 Å². The highest BCUT2D eigenvalue weighted by atomic mass is 79.9. The lowest BCUT2D eigenvalue weighted by Gasteiger charge is -2.22. The molecule has 0 radical (unpaired) electrons. The summed E-state index contributed by atoms with van der Waals surface area (Å²) in [5.41, 5.74) is 2.08. The van der Waals surface area contributed by atoms with Gasteiger partial charge in [0.2, 0.25) is 0 Å². The van der Waals surface area contributed by atoms with E-state index in [-0.39, 0.29) is 11.9 Å². The Morgan fingerprint density at radius 1 is 1.22 bits per heavy atom. The molecule has 0 fully saturated rings. The number of aromatic nitrogens is 2. The molecule has 0 spiro atoms. The van der Waals surface area contributed by atoms with Crippen LogP contribution in [0.4, 0.5) is 0 Å². The number of hydrogen-bond donors (Lipinski definition) is 1. The van der Waals surface area contributed by atoms with Crippen LogP contribution in [-0.4, -0.2) is 21.6 Å². The molecule has 0 aliphatic heterocycles. The second-order valence-corrected chi connectivity index (χ2v) is 7.30. The van der Waals surface area contributed by atoms with E-state index < -0.39 is 6.10 Å². The van der Waals surface area contributed by atoms with E-state index in [0.29, 0.717) is 5.75 Å². The Morgan fingerprint density at radius 2 is 1.96 bits per heavy atom. The SMILES string of the molecule is Cc1ccc(O[C@@H](C)C(=O)N[C@@H](c2ccccc2)c2nccn2C)c(Br)c1. The molecule has 0 aliphatic carbocycles. The Labute approximate surface area is 167 Å². The highest BCUT2D eigenvalue weighted by Crippen LogP contribution is 2.27. The Hall–Kier alpha value is -2.60. The van der Waals surface area contributed by atoms with E-state index >= 15 is 0 Å². The van der Waals surface area contributed by atoms with Crippen molar-refractivity contribution in [3.63, 3.8) is 0 Å². The number of rotatable bonds is 6. The Balaban J connectivity index is 1.79. The molecule has 140 valence electrons. The Bertz CT molecular complexity index is 924. The molecule has 2 atom stereocenters. The van der Waals surface area contributed by atoms with Gasteiger partial charge in [0.1, 0.15) is 17.6 Å². The highest BCUT2D eigenvalue weighted by molar-refractivity contribution is 9.10. The van der Waals surface area contributed by atoms with E-state index in [1.54, 1.807) is 13.1 Å².